The molecule has 0 spiro atoms. The van der Waals surface area contributed by atoms with Crippen LogP contribution in [0.2, 0.25) is 0 Å². The zero-order valence-corrected chi connectivity index (χ0v) is 6.08. The molecule has 0 fully saturated rings. The average Bonchev–Trinajstić information content (AvgIpc) is 1.85. The summed E-state index contributed by atoms with van der Waals surface area (Å²) in [5, 5.41) is 2.62. The van der Waals surface area contributed by atoms with Gasteiger partial charge in [0.05, 0.1) is 0 Å². The molecule has 1 radical (unpaired) electrons. The Kier molecular flexibility index (Phi) is 5.73. The van der Waals surface area contributed by atoms with Crippen molar-refractivity contribution in [3.8, 4) is 0 Å². The molecular weight excluding hydrogens is 138 g/mol. The summed E-state index contributed by atoms with van der Waals surface area (Å²) in [7, 11) is 0. The van der Waals surface area contributed by atoms with Crippen LogP contribution < -0.4 is 5.32 Å². The number of amides is 1. The lowest BCUT2D eigenvalue weighted by Gasteiger charge is -1.98. The van der Waals surface area contributed by atoms with Crippen molar-refractivity contribution in [2.45, 2.75) is 12.8 Å². The molecule has 1 N–H and O–H groups in total. The molecular formula is C6H11ClNO. The van der Waals surface area contributed by atoms with Gasteiger partial charge in [-0.1, -0.05) is 6.92 Å². The zero-order valence-electron chi connectivity index (χ0n) is 5.32. The normalized spacial score (nSPS) is 9.11. The van der Waals surface area contributed by atoms with Gasteiger partial charge in [0.1, 0.15) is 0 Å². The fourth-order valence-corrected chi connectivity index (χ4v) is 0.530. The first-order chi connectivity index (χ1) is 4.31. The average molecular weight is 149 g/mol. The van der Waals surface area contributed by atoms with E-state index in [1.807, 2.05) is 0 Å². The first kappa shape index (κ1) is 8.76. The van der Waals surface area contributed by atoms with Crippen LogP contribution in [0.4, 0.5) is 0 Å². The third kappa shape index (κ3) is 5.63. The van der Waals surface area contributed by atoms with Gasteiger partial charge in [0.25, 0.3) is 0 Å². The molecule has 0 saturated carbocycles. The molecule has 0 aliphatic rings. The quantitative estimate of drug-likeness (QED) is 0.592. The molecule has 1 amide bonds. The Morgan fingerprint density at radius 2 is 2.33 bits per heavy atom. The van der Waals surface area contributed by atoms with E-state index < -0.39 is 0 Å². The molecule has 0 unspecified atom stereocenters. The maximum absolute atomic E-state index is 10.6. The monoisotopic (exact) mass is 148 g/mol. The minimum atomic E-state index is 0.0330. The fraction of sp³-hybridized carbons (Fsp3) is 0.667. The van der Waals surface area contributed by atoms with Gasteiger partial charge in [-0.3, -0.25) is 4.79 Å². The van der Waals surface area contributed by atoms with Gasteiger partial charge in [-0.15, -0.1) is 11.6 Å². The Bertz CT molecular complexity index is 85.1. The van der Waals surface area contributed by atoms with E-state index in [1.165, 1.54) is 0 Å². The van der Waals surface area contributed by atoms with Gasteiger partial charge in [0.15, 0.2) is 0 Å². The summed E-state index contributed by atoms with van der Waals surface area (Å²) in [6, 6.07) is 0. The molecule has 9 heavy (non-hydrogen) atoms. The fourth-order valence-electron chi connectivity index (χ4n) is 0.436. The summed E-state index contributed by atoms with van der Waals surface area (Å²) in [5.41, 5.74) is 0. The molecule has 0 aromatic heterocycles. The molecule has 0 aromatic rings. The van der Waals surface area contributed by atoms with Crippen LogP contribution in [-0.2, 0) is 4.79 Å². The lowest BCUT2D eigenvalue weighted by molar-refractivity contribution is -0.120. The van der Waals surface area contributed by atoms with Crippen molar-refractivity contribution in [2.75, 3.05) is 12.4 Å². The third-order valence-corrected chi connectivity index (χ3v) is 1.01. The van der Waals surface area contributed by atoms with Crippen molar-refractivity contribution in [1.82, 2.24) is 5.32 Å². The molecule has 0 aliphatic carbocycles. The number of hydrogen-bond acceptors (Lipinski definition) is 1. The van der Waals surface area contributed by atoms with Gasteiger partial charge in [-0.05, 0) is 6.42 Å². The van der Waals surface area contributed by atoms with Crippen molar-refractivity contribution in [1.29, 1.82) is 0 Å². The summed E-state index contributed by atoms with van der Waals surface area (Å²) in [6.07, 6.45) is 1.14. The van der Waals surface area contributed by atoms with Crippen molar-refractivity contribution in [2.24, 2.45) is 0 Å². The van der Waals surface area contributed by atoms with Gasteiger partial charge in [-0.25, -0.2) is 0 Å². The number of rotatable bonds is 4. The minimum absolute atomic E-state index is 0.0330. The Labute approximate surface area is 60.6 Å². The van der Waals surface area contributed by atoms with Crippen molar-refractivity contribution in [3.63, 3.8) is 0 Å². The summed E-state index contributed by atoms with van der Waals surface area (Å²) < 4.78 is 0. The van der Waals surface area contributed by atoms with E-state index in [-0.39, 0.29) is 5.91 Å². The second-order valence-electron chi connectivity index (χ2n) is 1.64. The number of hydrogen-bond donors (Lipinski definition) is 1. The van der Waals surface area contributed by atoms with Crippen LogP contribution in [0.1, 0.15) is 12.8 Å². The highest BCUT2D eigenvalue weighted by atomic mass is 35.5. The SMILES string of the molecule is [CH2]CCC(=O)NCCCl. The van der Waals surface area contributed by atoms with Crippen molar-refractivity contribution >= 4 is 17.5 Å². The first-order valence-corrected chi connectivity index (χ1v) is 3.46. The molecule has 0 heterocycles. The molecule has 53 valence electrons. The molecule has 0 saturated heterocycles. The number of alkyl halides is 1. The Morgan fingerprint density at radius 3 is 2.78 bits per heavy atom. The van der Waals surface area contributed by atoms with Crippen LogP contribution in [0, 0.1) is 6.92 Å². The largest absolute Gasteiger partial charge is 0.355 e. The molecule has 2 nitrogen and oxygen atoms in total. The summed E-state index contributed by atoms with van der Waals surface area (Å²) in [6.45, 7) is 4.10. The first-order valence-electron chi connectivity index (χ1n) is 2.93. The van der Waals surface area contributed by atoms with E-state index in [4.69, 9.17) is 11.6 Å². The van der Waals surface area contributed by atoms with E-state index in [0.717, 1.165) is 0 Å². The maximum atomic E-state index is 10.6. The lowest BCUT2D eigenvalue weighted by Crippen LogP contribution is -2.24. The Morgan fingerprint density at radius 1 is 1.67 bits per heavy atom. The Hall–Kier alpha value is -0.240. The molecule has 0 aromatic carbocycles. The van der Waals surface area contributed by atoms with Crippen LogP contribution in [0.15, 0.2) is 0 Å². The van der Waals surface area contributed by atoms with E-state index in [2.05, 4.69) is 12.2 Å². The van der Waals surface area contributed by atoms with Crippen molar-refractivity contribution < 1.29 is 4.79 Å². The molecule has 0 atom stereocenters. The van der Waals surface area contributed by atoms with Gasteiger partial charge in [-0.2, -0.15) is 0 Å². The van der Waals surface area contributed by atoms with Crippen LogP contribution >= 0.6 is 11.6 Å². The minimum Gasteiger partial charge on any atom is -0.355 e. The summed E-state index contributed by atoms with van der Waals surface area (Å²) in [4.78, 5) is 10.6. The topological polar surface area (TPSA) is 29.1 Å². The van der Waals surface area contributed by atoms with Crippen LogP contribution in [0.25, 0.3) is 0 Å². The van der Waals surface area contributed by atoms with Gasteiger partial charge in [0.2, 0.25) is 5.91 Å². The van der Waals surface area contributed by atoms with E-state index in [0.29, 0.717) is 25.3 Å². The maximum Gasteiger partial charge on any atom is 0.220 e. The predicted octanol–water partition coefficient (Wildman–Crippen LogP) is 0.956. The molecule has 3 heteroatoms. The smallest absolute Gasteiger partial charge is 0.220 e. The number of halogens is 1. The van der Waals surface area contributed by atoms with E-state index in [9.17, 15) is 4.79 Å². The van der Waals surface area contributed by atoms with Gasteiger partial charge < -0.3 is 5.32 Å². The highest BCUT2D eigenvalue weighted by Gasteiger charge is 1.94. The van der Waals surface area contributed by atoms with Crippen LogP contribution in [-0.4, -0.2) is 18.3 Å². The van der Waals surface area contributed by atoms with E-state index >= 15 is 0 Å². The standard InChI is InChI=1S/C6H11ClNO/c1-2-3-6(9)8-5-4-7/h1-5H2,(H,8,9). The summed E-state index contributed by atoms with van der Waals surface area (Å²) in [5.74, 6) is 0.508. The second kappa shape index (κ2) is 5.89. The van der Waals surface area contributed by atoms with Gasteiger partial charge in [0, 0.05) is 18.8 Å². The molecule has 0 bridgehead atoms. The highest BCUT2D eigenvalue weighted by molar-refractivity contribution is 6.18. The van der Waals surface area contributed by atoms with Crippen LogP contribution in [0.5, 0.6) is 0 Å². The zero-order chi connectivity index (χ0) is 7.11. The number of carbonyl (C=O) groups is 1. The van der Waals surface area contributed by atoms with E-state index in [1.54, 1.807) is 0 Å². The third-order valence-electron chi connectivity index (χ3n) is 0.820. The summed E-state index contributed by atoms with van der Waals surface area (Å²) >= 11 is 5.32. The van der Waals surface area contributed by atoms with Gasteiger partial charge >= 0.3 is 0 Å². The highest BCUT2D eigenvalue weighted by Crippen LogP contribution is 1.84. The lowest BCUT2D eigenvalue weighted by atomic mass is 10.3. The second-order valence-corrected chi connectivity index (χ2v) is 2.02. The van der Waals surface area contributed by atoms with Crippen molar-refractivity contribution in [3.05, 3.63) is 6.92 Å². The Balaban J connectivity index is 3.06. The number of carbonyl (C=O) groups excluding carboxylic acids is 1. The molecule has 0 rings (SSSR count). The molecule has 0 aliphatic heterocycles. The predicted molar refractivity (Wildman–Crippen MR) is 38.3 cm³/mol. The number of nitrogens with one attached hydrogen (secondary N) is 1. The van der Waals surface area contributed by atoms with Crippen LogP contribution in [0.3, 0.4) is 0 Å².